The van der Waals surface area contributed by atoms with Gasteiger partial charge in [0.15, 0.2) is 0 Å². The molecule has 0 aliphatic carbocycles. The van der Waals surface area contributed by atoms with E-state index in [9.17, 15) is 13.2 Å². The highest BCUT2D eigenvalue weighted by atomic mass is 32.1. The SMILES string of the molecule is FC(F)(F)c1cc(NCc2nc(-c3ccc(Oc4ccccc4)cc3)cs2)ccn1. The van der Waals surface area contributed by atoms with Crippen molar-refractivity contribution in [2.75, 3.05) is 5.32 Å². The van der Waals surface area contributed by atoms with E-state index in [-0.39, 0.29) is 0 Å². The van der Waals surface area contributed by atoms with E-state index in [1.165, 1.54) is 17.4 Å². The highest BCUT2D eigenvalue weighted by Crippen LogP contribution is 2.30. The Kier molecular flexibility index (Phi) is 5.67. The monoisotopic (exact) mass is 427 g/mol. The fourth-order valence-electron chi connectivity index (χ4n) is 2.72. The molecule has 30 heavy (non-hydrogen) atoms. The summed E-state index contributed by atoms with van der Waals surface area (Å²) in [7, 11) is 0. The topological polar surface area (TPSA) is 47.0 Å². The van der Waals surface area contributed by atoms with Crippen molar-refractivity contribution in [3.05, 3.63) is 89.0 Å². The second-order valence-corrected chi connectivity index (χ2v) is 7.29. The molecular formula is C22H16F3N3OS. The largest absolute Gasteiger partial charge is 0.457 e. The molecule has 1 N–H and O–H groups in total. The first-order chi connectivity index (χ1) is 14.5. The highest BCUT2D eigenvalue weighted by molar-refractivity contribution is 7.09. The molecule has 0 fully saturated rings. The smallest absolute Gasteiger partial charge is 0.433 e. The van der Waals surface area contributed by atoms with Crippen LogP contribution in [0.15, 0.2) is 78.3 Å². The van der Waals surface area contributed by atoms with Crippen LogP contribution >= 0.6 is 11.3 Å². The third-order valence-corrected chi connectivity index (χ3v) is 5.02. The van der Waals surface area contributed by atoms with Crippen LogP contribution in [-0.4, -0.2) is 9.97 Å². The average Bonchev–Trinajstić information content (AvgIpc) is 3.22. The third kappa shape index (κ3) is 4.96. The lowest BCUT2D eigenvalue weighted by Gasteiger charge is -2.08. The van der Waals surface area contributed by atoms with Gasteiger partial charge in [0, 0.05) is 22.8 Å². The zero-order valence-electron chi connectivity index (χ0n) is 15.6. The molecule has 0 aliphatic rings. The second-order valence-electron chi connectivity index (χ2n) is 6.35. The summed E-state index contributed by atoms with van der Waals surface area (Å²) in [4.78, 5) is 7.91. The number of hydrogen-bond donors (Lipinski definition) is 1. The Labute approximate surface area is 175 Å². The zero-order chi connectivity index (χ0) is 21.0. The molecule has 0 aliphatic heterocycles. The van der Waals surface area contributed by atoms with E-state index in [1.54, 1.807) is 0 Å². The van der Waals surface area contributed by atoms with Crippen LogP contribution in [0.2, 0.25) is 0 Å². The number of ether oxygens (including phenoxy) is 1. The number of aromatic nitrogens is 2. The van der Waals surface area contributed by atoms with E-state index in [0.717, 1.165) is 40.0 Å². The lowest BCUT2D eigenvalue weighted by molar-refractivity contribution is -0.141. The number of benzene rings is 2. The van der Waals surface area contributed by atoms with Gasteiger partial charge in [-0.2, -0.15) is 13.2 Å². The lowest BCUT2D eigenvalue weighted by Crippen LogP contribution is -2.08. The molecule has 2 aromatic heterocycles. The van der Waals surface area contributed by atoms with Crippen molar-refractivity contribution >= 4 is 17.0 Å². The Morgan fingerprint density at radius 2 is 1.67 bits per heavy atom. The van der Waals surface area contributed by atoms with Crippen molar-refractivity contribution in [2.24, 2.45) is 0 Å². The number of rotatable bonds is 6. The molecule has 0 unspecified atom stereocenters. The van der Waals surface area contributed by atoms with E-state index in [2.05, 4.69) is 15.3 Å². The van der Waals surface area contributed by atoms with Gasteiger partial charge in [-0.25, -0.2) is 4.98 Å². The second kappa shape index (κ2) is 8.54. The number of hydrogen-bond acceptors (Lipinski definition) is 5. The van der Waals surface area contributed by atoms with Crippen LogP contribution in [0.25, 0.3) is 11.3 Å². The number of alkyl halides is 3. The minimum absolute atomic E-state index is 0.321. The first kappa shape index (κ1) is 19.9. The van der Waals surface area contributed by atoms with Crippen LogP contribution in [-0.2, 0) is 12.7 Å². The predicted molar refractivity (Wildman–Crippen MR) is 111 cm³/mol. The van der Waals surface area contributed by atoms with Crippen molar-refractivity contribution in [1.82, 2.24) is 9.97 Å². The number of para-hydroxylation sites is 1. The van der Waals surface area contributed by atoms with Crippen LogP contribution in [0.5, 0.6) is 11.5 Å². The Balaban J connectivity index is 1.39. The van der Waals surface area contributed by atoms with E-state index < -0.39 is 11.9 Å². The van der Waals surface area contributed by atoms with Crippen LogP contribution < -0.4 is 10.1 Å². The van der Waals surface area contributed by atoms with Crippen LogP contribution in [0.3, 0.4) is 0 Å². The third-order valence-electron chi connectivity index (χ3n) is 4.17. The normalized spacial score (nSPS) is 11.3. The van der Waals surface area contributed by atoms with Gasteiger partial charge in [-0.15, -0.1) is 11.3 Å². The average molecular weight is 427 g/mol. The molecule has 152 valence electrons. The molecular weight excluding hydrogens is 411 g/mol. The Hall–Kier alpha value is -3.39. The summed E-state index contributed by atoms with van der Waals surface area (Å²) in [5.41, 5.74) is 1.15. The molecule has 0 amide bonds. The van der Waals surface area contributed by atoms with Gasteiger partial charge in [-0.05, 0) is 48.5 Å². The van der Waals surface area contributed by atoms with E-state index in [4.69, 9.17) is 4.74 Å². The van der Waals surface area contributed by atoms with Crippen LogP contribution in [0.4, 0.5) is 18.9 Å². The van der Waals surface area contributed by atoms with Crippen molar-refractivity contribution in [2.45, 2.75) is 12.7 Å². The Morgan fingerprint density at radius 1 is 0.933 bits per heavy atom. The van der Waals surface area contributed by atoms with Crippen molar-refractivity contribution in [3.8, 4) is 22.8 Å². The first-order valence-electron chi connectivity index (χ1n) is 9.02. The highest BCUT2D eigenvalue weighted by Gasteiger charge is 2.32. The summed E-state index contributed by atoms with van der Waals surface area (Å²) in [6, 6.07) is 19.6. The quantitative estimate of drug-likeness (QED) is 0.375. The minimum atomic E-state index is -4.47. The van der Waals surface area contributed by atoms with Gasteiger partial charge in [-0.1, -0.05) is 18.2 Å². The molecule has 4 aromatic rings. The molecule has 0 saturated carbocycles. The van der Waals surface area contributed by atoms with E-state index in [0.29, 0.717) is 12.2 Å². The summed E-state index contributed by atoms with van der Waals surface area (Å²) in [6.07, 6.45) is -3.33. The summed E-state index contributed by atoms with van der Waals surface area (Å²) in [5.74, 6) is 1.48. The van der Waals surface area contributed by atoms with Crippen LogP contribution in [0, 0.1) is 0 Å². The molecule has 8 heteroatoms. The van der Waals surface area contributed by atoms with Crippen molar-refractivity contribution in [3.63, 3.8) is 0 Å². The standard InChI is InChI=1S/C22H16F3N3OS/c23-22(24,25)20-12-16(10-11-26-20)27-13-21-28-19(14-30-21)15-6-8-18(9-7-15)29-17-4-2-1-3-5-17/h1-12,14H,13H2,(H,26,27). The van der Waals surface area contributed by atoms with Gasteiger partial charge in [0.2, 0.25) is 0 Å². The summed E-state index contributed by atoms with van der Waals surface area (Å²) >= 11 is 1.44. The van der Waals surface area contributed by atoms with Crippen molar-refractivity contribution in [1.29, 1.82) is 0 Å². The number of anilines is 1. The van der Waals surface area contributed by atoms with Gasteiger partial charge in [0.1, 0.15) is 22.2 Å². The lowest BCUT2D eigenvalue weighted by atomic mass is 10.2. The molecule has 4 rings (SSSR count). The molecule has 4 nitrogen and oxygen atoms in total. The Morgan fingerprint density at radius 3 is 2.40 bits per heavy atom. The maximum absolute atomic E-state index is 12.8. The summed E-state index contributed by atoms with van der Waals surface area (Å²) in [5, 5.41) is 5.64. The van der Waals surface area contributed by atoms with Gasteiger partial charge in [0.25, 0.3) is 0 Å². The fraction of sp³-hybridized carbons (Fsp3) is 0.0909. The number of pyridine rings is 1. The maximum atomic E-state index is 12.8. The first-order valence-corrected chi connectivity index (χ1v) is 9.90. The number of nitrogens with zero attached hydrogens (tertiary/aromatic N) is 2. The summed E-state index contributed by atoms with van der Waals surface area (Å²) < 4.78 is 44.1. The van der Waals surface area contributed by atoms with Gasteiger partial charge in [-0.3, -0.25) is 4.98 Å². The zero-order valence-corrected chi connectivity index (χ0v) is 16.4. The van der Waals surface area contributed by atoms with E-state index >= 15 is 0 Å². The minimum Gasteiger partial charge on any atom is -0.457 e. The molecule has 0 radical (unpaired) electrons. The molecule has 0 atom stereocenters. The number of thiazole rings is 1. The molecule has 2 heterocycles. The maximum Gasteiger partial charge on any atom is 0.433 e. The summed E-state index contributed by atoms with van der Waals surface area (Å²) in [6.45, 7) is 0.321. The van der Waals surface area contributed by atoms with Crippen LogP contribution in [0.1, 0.15) is 10.7 Å². The number of nitrogens with one attached hydrogen (secondary N) is 1. The molecule has 0 spiro atoms. The molecule has 0 bridgehead atoms. The van der Waals surface area contributed by atoms with Gasteiger partial charge in [0.05, 0.1) is 12.2 Å². The van der Waals surface area contributed by atoms with Gasteiger partial charge >= 0.3 is 6.18 Å². The van der Waals surface area contributed by atoms with Gasteiger partial charge < -0.3 is 10.1 Å². The Bertz CT molecular complexity index is 1110. The van der Waals surface area contributed by atoms with Crippen molar-refractivity contribution < 1.29 is 17.9 Å². The molecule has 2 aromatic carbocycles. The fourth-order valence-corrected chi connectivity index (χ4v) is 3.46. The molecule has 0 saturated heterocycles. The predicted octanol–water partition coefficient (Wildman–Crippen LogP) is 6.63. The number of halogens is 3. The van der Waals surface area contributed by atoms with E-state index in [1.807, 2.05) is 60.0 Å².